The summed E-state index contributed by atoms with van der Waals surface area (Å²) in [6, 6.07) is 14.2. The Morgan fingerprint density at radius 1 is 0.792 bits per heavy atom. The van der Waals surface area contributed by atoms with Crippen molar-refractivity contribution in [1.29, 1.82) is 0 Å². The Bertz CT molecular complexity index is 681. The van der Waals surface area contributed by atoms with E-state index in [1.807, 2.05) is 12.1 Å². The van der Waals surface area contributed by atoms with Gasteiger partial charge in [-0.3, -0.25) is 5.32 Å². The molecule has 0 spiro atoms. The Morgan fingerprint density at radius 3 is 1.83 bits per heavy atom. The van der Waals surface area contributed by atoms with Gasteiger partial charge in [-0.15, -0.1) is 0 Å². The minimum Gasteiger partial charge on any atom is -0.462 e. The van der Waals surface area contributed by atoms with Crippen LogP contribution in [0.5, 0.6) is 0 Å². The van der Waals surface area contributed by atoms with Crippen molar-refractivity contribution < 1.29 is 19.1 Å². The number of carbonyl (C=O) groups is 2. The van der Waals surface area contributed by atoms with E-state index in [4.69, 9.17) is 9.47 Å². The Labute approximate surface area is 140 Å². The average molecular weight is 328 g/mol. The summed E-state index contributed by atoms with van der Waals surface area (Å²) >= 11 is 0. The van der Waals surface area contributed by atoms with E-state index in [2.05, 4.69) is 10.6 Å². The van der Waals surface area contributed by atoms with Gasteiger partial charge in [0.25, 0.3) is 0 Å². The maximum atomic E-state index is 11.6. The average Bonchev–Trinajstić information content (AvgIpc) is 2.58. The van der Waals surface area contributed by atoms with Crippen molar-refractivity contribution in [3.05, 3.63) is 54.1 Å². The number of esters is 1. The van der Waals surface area contributed by atoms with E-state index in [1.165, 1.54) is 0 Å². The number of carbonyl (C=O) groups excluding carboxylic acids is 2. The number of anilines is 3. The third-order valence-electron chi connectivity index (χ3n) is 3.09. The first-order valence-electron chi connectivity index (χ1n) is 7.70. The molecule has 0 aromatic heterocycles. The number of hydrogen-bond acceptors (Lipinski definition) is 5. The third kappa shape index (κ3) is 5.01. The molecule has 2 aromatic carbocycles. The lowest BCUT2D eigenvalue weighted by Gasteiger charge is -2.09. The van der Waals surface area contributed by atoms with Crippen molar-refractivity contribution in [2.24, 2.45) is 0 Å². The highest BCUT2D eigenvalue weighted by atomic mass is 16.5. The largest absolute Gasteiger partial charge is 0.462 e. The minimum atomic E-state index is -0.479. The summed E-state index contributed by atoms with van der Waals surface area (Å²) in [7, 11) is 0. The topological polar surface area (TPSA) is 76.7 Å². The molecule has 1 amide bonds. The van der Waals surface area contributed by atoms with Crippen molar-refractivity contribution in [2.75, 3.05) is 23.8 Å². The molecule has 6 nitrogen and oxygen atoms in total. The zero-order valence-corrected chi connectivity index (χ0v) is 13.7. The van der Waals surface area contributed by atoms with E-state index in [0.717, 1.165) is 11.4 Å². The maximum Gasteiger partial charge on any atom is 0.411 e. The highest BCUT2D eigenvalue weighted by Gasteiger charge is 2.06. The summed E-state index contributed by atoms with van der Waals surface area (Å²) in [4.78, 5) is 22.9. The third-order valence-corrected chi connectivity index (χ3v) is 3.09. The Hall–Kier alpha value is -3.02. The molecule has 2 aromatic rings. The molecule has 2 rings (SSSR count). The standard InChI is InChI=1S/C18H20N2O4/c1-3-23-17(21)13-5-7-14(8-6-13)19-15-9-11-16(12-10-15)20-18(22)24-4-2/h5-12,19H,3-4H2,1-2H3,(H,20,22). The van der Waals surface area contributed by atoms with Gasteiger partial charge < -0.3 is 14.8 Å². The number of nitrogens with one attached hydrogen (secondary N) is 2. The molecule has 0 unspecified atom stereocenters. The van der Waals surface area contributed by atoms with Gasteiger partial charge in [0, 0.05) is 17.1 Å². The molecular formula is C18H20N2O4. The van der Waals surface area contributed by atoms with Crippen LogP contribution in [0, 0.1) is 0 Å². The number of ether oxygens (including phenoxy) is 2. The van der Waals surface area contributed by atoms with Crippen LogP contribution in [0.2, 0.25) is 0 Å². The van der Waals surface area contributed by atoms with Crippen LogP contribution < -0.4 is 10.6 Å². The molecule has 0 aliphatic rings. The smallest absolute Gasteiger partial charge is 0.411 e. The van der Waals surface area contributed by atoms with Gasteiger partial charge >= 0.3 is 12.1 Å². The van der Waals surface area contributed by atoms with Crippen LogP contribution in [0.3, 0.4) is 0 Å². The van der Waals surface area contributed by atoms with Crippen molar-refractivity contribution in [2.45, 2.75) is 13.8 Å². The molecular weight excluding hydrogens is 308 g/mol. The highest BCUT2D eigenvalue weighted by molar-refractivity contribution is 5.90. The lowest BCUT2D eigenvalue weighted by atomic mass is 10.2. The fraction of sp³-hybridized carbons (Fsp3) is 0.222. The van der Waals surface area contributed by atoms with E-state index < -0.39 is 6.09 Å². The lowest BCUT2D eigenvalue weighted by Crippen LogP contribution is -2.13. The van der Waals surface area contributed by atoms with Gasteiger partial charge in [0.15, 0.2) is 0 Å². The van der Waals surface area contributed by atoms with Crippen molar-refractivity contribution in [3.63, 3.8) is 0 Å². The van der Waals surface area contributed by atoms with Gasteiger partial charge in [0.2, 0.25) is 0 Å². The molecule has 0 saturated heterocycles. The summed E-state index contributed by atoms with van der Waals surface area (Å²) in [6.45, 7) is 4.20. The zero-order valence-electron chi connectivity index (χ0n) is 13.7. The second-order valence-corrected chi connectivity index (χ2v) is 4.85. The second-order valence-electron chi connectivity index (χ2n) is 4.85. The summed E-state index contributed by atoms with van der Waals surface area (Å²) in [5, 5.41) is 5.84. The molecule has 0 aliphatic heterocycles. The normalized spacial score (nSPS) is 9.92. The monoisotopic (exact) mass is 328 g/mol. The van der Waals surface area contributed by atoms with Gasteiger partial charge in [0.1, 0.15) is 0 Å². The molecule has 0 aliphatic carbocycles. The fourth-order valence-corrected chi connectivity index (χ4v) is 1.99. The molecule has 0 fully saturated rings. The Balaban J connectivity index is 1.96. The van der Waals surface area contributed by atoms with E-state index in [1.54, 1.807) is 50.2 Å². The Morgan fingerprint density at radius 2 is 1.29 bits per heavy atom. The van der Waals surface area contributed by atoms with Gasteiger partial charge in [-0.25, -0.2) is 9.59 Å². The van der Waals surface area contributed by atoms with Crippen LogP contribution >= 0.6 is 0 Å². The van der Waals surface area contributed by atoms with Gasteiger partial charge in [0.05, 0.1) is 18.8 Å². The molecule has 0 atom stereocenters. The minimum absolute atomic E-state index is 0.327. The molecule has 2 N–H and O–H groups in total. The van der Waals surface area contributed by atoms with E-state index in [9.17, 15) is 9.59 Å². The summed E-state index contributed by atoms with van der Waals surface area (Å²) < 4.78 is 9.76. The second kappa shape index (κ2) is 8.57. The number of rotatable bonds is 6. The van der Waals surface area contributed by atoms with Crippen LogP contribution in [0.1, 0.15) is 24.2 Å². The van der Waals surface area contributed by atoms with Gasteiger partial charge in [-0.2, -0.15) is 0 Å². The summed E-state index contributed by atoms with van der Waals surface area (Å²) in [5.74, 6) is -0.335. The van der Waals surface area contributed by atoms with Crippen LogP contribution in [0.4, 0.5) is 21.9 Å². The van der Waals surface area contributed by atoms with Crippen LogP contribution in [-0.4, -0.2) is 25.3 Å². The fourth-order valence-electron chi connectivity index (χ4n) is 1.99. The molecule has 6 heteroatoms. The number of benzene rings is 2. The van der Waals surface area contributed by atoms with E-state index >= 15 is 0 Å². The molecule has 0 radical (unpaired) electrons. The van der Waals surface area contributed by atoms with Gasteiger partial charge in [-0.1, -0.05) is 0 Å². The van der Waals surface area contributed by atoms with E-state index in [-0.39, 0.29) is 5.97 Å². The Kier molecular flexibility index (Phi) is 6.19. The molecule has 0 heterocycles. The zero-order chi connectivity index (χ0) is 17.4. The van der Waals surface area contributed by atoms with Crippen molar-refractivity contribution >= 4 is 29.1 Å². The number of hydrogen-bond donors (Lipinski definition) is 2. The first-order chi connectivity index (χ1) is 11.6. The molecule has 126 valence electrons. The van der Waals surface area contributed by atoms with Crippen LogP contribution in [0.15, 0.2) is 48.5 Å². The lowest BCUT2D eigenvalue weighted by molar-refractivity contribution is 0.0526. The van der Waals surface area contributed by atoms with Crippen molar-refractivity contribution in [1.82, 2.24) is 0 Å². The maximum absolute atomic E-state index is 11.6. The predicted octanol–water partition coefficient (Wildman–Crippen LogP) is 4.18. The SMILES string of the molecule is CCOC(=O)Nc1ccc(Nc2ccc(C(=O)OCC)cc2)cc1. The molecule has 24 heavy (non-hydrogen) atoms. The molecule has 0 saturated carbocycles. The van der Waals surface area contributed by atoms with Crippen LogP contribution in [0.25, 0.3) is 0 Å². The quantitative estimate of drug-likeness (QED) is 0.778. The van der Waals surface area contributed by atoms with Crippen molar-refractivity contribution in [3.8, 4) is 0 Å². The first-order valence-corrected chi connectivity index (χ1v) is 7.70. The van der Waals surface area contributed by atoms with E-state index in [0.29, 0.717) is 24.5 Å². The number of amides is 1. The highest BCUT2D eigenvalue weighted by Crippen LogP contribution is 2.19. The molecule has 0 bridgehead atoms. The predicted molar refractivity (Wildman–Crippen MR) is 92.8 cm³/mol. The summed E-state index contributed by atoms with van der Waals surface area (Å²) in [6.07, 6.45) is -0.479. The first kappa shape index (κ1) is 17.3. The van der Waals surface area contributed by atoms with Gasteiger partial charge in [-0.05, 0) is 62.4 Å². The summed E-state index contributed by atoms with van der Waals surface area (Å²) in [5.41, 5.74) is 2.86. The van der Waals surface area contributed by atoms with Crippen LogP contribution in [-0.2, 0) is 9.47 Å².